The molecule has 0 aromatic heterocycles. The van der Waals surface area contributed by atoms with Gasteiger partial charge in [-0.05, 0) is 37.1 Å². The van der Waals surface area contributed by atoms with Crippen molar-refractivity contribution in [2.24, 2.45) is 0 Å². The molecule has 1 aliphatic rings. The van der Waals surface area contributed by atoms with Crippen molar-refractivity contribution in [3.8, 4) is 11.5 Å². The number of hydrogen-bond donors (Lipinski definition) is 1. The summed E-state index contributed by atoms with van der Waals surface area (Å²) in [4.78, 5) is 0. The van der Waals surface area contributed by atoms with Gasteiger partial charge in [-0.2, -0.15) is 0 Å². The van der Waals surface area contributed by atoms with Crippen LogP contribution in [0.15, 0.2) is 18.2 Å². The summed E-state index contributed by atoms with van der Waals surface area (Å²) in [5, 5.41) is 3.34. The highest BCUT2D eigenvalue weighted by Gasteiger charge is 2.13. The fraction of sp³-hybridized carbons (Fsp3) is 0.571. The molecule has 0 spiro atoms. The molecule has 0 amide bonds. The Morgan fingerprint density at radius 2 is 1.89 bits per heavy atom. The van der Waals surface area contributed by atoms with Gasteiger partial charge < -0.3 is 19.5 Å². The molecule has 0 unspecified atom stereocenters. The number of methoxy groups -OCH3 is 2. The Balaban J connectivity index is 1.94. The molecule has 1 aromatic rings. The van der Waals surface area contributed by atoms with E-state index in [4.69, 9.17) is 14.2 Å². The smallest absolute Gasteiger partial charge is 0.122 e. The molecule has 1 fully saturated rings. The number of rotatable bonds is 5. The summed E-state index contributed by atoms with van der Waals surface area (Å²) in [6.45, 7) is 2.65. The predicted octanol–water partition coefficient (Wildman–Crippen LogP) is 1.97. The molecule has 1 aliphatic heterocycles. The van der Waals surface area contributed by atoms with E-state index in [0.29, 0.717) is 12.7 Å². The Morgan fingerprint density at radius 1 is 1.17 bits per heavy atom. The maximum absolute atomic E-state index is 5.89. The molecule has 4 nitrogen and oxygen atoms in total. The second-order valence-corrected chi connectivity index (χ2v) is 4.50. The Bertz CT molecular complexity index is 353. The highest BCUT2D eigenvalue weighted by molar-refractivity contribution is 5.38. The lowest BCUT2D eigenvalue weighted by molar-refractivity contribution is 0.0251. The predicted molar refractivity (Wildman–Crippen MR) is 70.2 cm³/mol. The third-order valence-electron chi connectivity index (χ3n) is 3.15. The number of ether oxygens (including phenoxy) is 3. The lowest BCUT2D eigenvalue weighted by atomic mass is 10.1. The van der Waals surface area contributed by atoms with Crippen molar-refractivity contribution in [1.82, 2.24) is 5.32 Å². The zero-order valence-corrected chi connectivity index (χ0v) is 11.1. The van der Waals surface area contributed by atoms with Crippen LogP contribution in [0.25, 0.3) is 0 Å². The Morgan fingerprint density at radius 3 is 2.44 bits per heavy atom. The minimum Gasteiger partial charge on any atom is -0.497 e. The van der Waals surface area contributed by atoms with Crippen LogP contribution >= 0.6 is 0 Å². The average Bonchev–Trinajstić information content (AvgIpc) is 2.45. The lowest BCUT2D eigenvalue weighted by Gasteiger charge is -2.23. The third kappa shape index (κ3) is 3.62. The first-order valence-corrected chi connectivity index (χ1v) is 6.36. The van der Waals surface area contributed by atoms with Crippen molar-refractivity contribution in [2.45, 2.75) is 25.6 Å². The molecule has 1 aromatic carbocycles. The standard InChI is InChI=1S/C14H21NO3/c1-16-13-6-11(7-14(8-13)17-2)10-18-12-4-3-5-15-9-12/h6-8,12,15H,3-5,9-10H2,1-2H3/t12-/m1/s1. The number of hydrogen-bond acceptors (Lipinski definition) is 4. The fourth-order valence-corrected chi connectivity index (χ4v) is 2.13. The summed E-state index contributed by atoms with van der Waals surface area (Å²) < 4.78 is 16.4. The summed E-state index contributed by atoms with van der Waals surface area (Å²) in [6.07, 6.45) is 2.64. The van der Waals surface area contributed by atoms with Crippen LogP contribution in [0.1, 0.15) is 18.4 Å². The average molecular weight is 251 g/mol. The Kier molecular flexibility index (Phi) is 4.84. The Labute approximate surface area is 108 Å². The summed E-state index contributed by atoms with van der Waals surface area (Å²) in [7, 11) is 3.31. The van der Waals surface area contributed by atoms with Gasteiger partial charge in [-0.3, -0.25) is 0 Å². The third-order valence-corrected chi connectivity index (χ3v) is 3.15. The molecule has 0 radical (unpaired) electrons. The topological polar surface area (TPSA) is 39.7 Å². The molecular weight excluding hydrogens is 230 g/mol. The summed E-state index contributed by atoms with van der Waals surface area (Å²) >= 11 is 0. The molecule has 18 heavy (non-hydrogen) atoms. The first-order valence-electron chi connectivity index (χ1n) is 6.36. The highest BCUT2D eigenvalue weighted by atomic mass is 16.5. The van der Waals surface area contributed by atoms with Crippen LogP contribution in [-0.2, 0) is 11.3 Å². The van der Waals surface area contributed by atoms with E-state index in [-0.39, 0.29) is 0 Å². The molecule has 1 atom stereocenters. The van der Waals surface area contributed by atoms with E-state index in [9.17, 15) is 0 Å². The van der Waals surface area contributed by atoms with E-state index < -0.39 is 0 Å². The van der Waals surface area contributed by atoms with Gasteiger partial charge in [0.15, 0.2) is 0 Å². The molecule has 2 rings (SSSR count). The Hall–Kier alpha value is -1.26. The molecule has 1 N–H and O–H groups in total. The van der Waals surface area contributed by atoms with Gasteiger partial charge in [-0.15, -0.1) is 0 Å². The van der Waals surface area contributed by atoms with Crippen molar-refractivity contribution >= 4 is 0 Å². The van der Waals surface area contributed by atoms with E-state index in [1.54, 1.807) is 14.2 Å². The maximum atomic E-state index is 5.89. The SMILES string of the molecule is COc1cc(CO[C@@H]2CCCNC2)cc(OC)c1. The fourth-order valence-electron chi connectivity index (χ4n) is 2.13. The second-order valence-electron chi connectivity index (χ2n) is 4.50. The van der Waals surface area contributed by atoms with E-state index in [1.165, 1.54) is 6.42 Å². The van der Waals surface area contributed by atoms with Gasteiger partial charge in [0.2, 0.25) is 0 Å². The highest BCUT2D eigenvalue weighted by Crippen LogP contribution is 2.23. The van der Waals surface area contributed by atoms with Crippen LogP contribution in [0, 0.1) is 0 Å². The van der Waals surface area contributed by atoms with Crippen LogP contribution in [0.2, 0.25) is 0 Å². The number of benzene rings is 1. The van der Waals surface area contributed by atoms with Crippen LogP contribution in [-0.4, -0.2) is 33.4 Å². The summed E-state index contributed by atoms with van der Waals surface area (Å²) in [5.41, 5.74) is 1.08. The molecule has 0 aliphatic carbocycles. The summed E-state index contributed by atoms with van der Waals surface area (Å²) in [5.74, 6) is 1.60. The van der Waals surface area contributed by atoms with E-state index >= 15 is 0 Å². The van der Waals surface area contributed by atoms with Gasteiger partial charge in [0.05, 0.1) is 26.9 Å². The van der Waals surface area contributed by atoms with Gasteiger partial charge in [0, 0.05) is 12.6 Å². The van der Waals surface area contributed by atoms with Gasteiger partial charge >= 0.3 is 0 Å². The van der Waals surface area contributed by atoms with Crippen molar-refractivity contribution in [3.05, 3.63) is 23.8 Å². The molecule has 0 bridgehead atoms. The van der Waals surface area contributed by atoms with E-state index in [0.717, 1.165) is 36.6 Å². The van der Waals surface area contributed by atoms with Crippen LogP contribution in [0.5, 0.6) is 11.5 Å². The first kappa shape index (κ1) is 13.2. The molecule has 0 saturated carbocycles. The summed E-state index contributed by atoms with van der Waals surface area (Å²) in [6, 6.07) is 5.84. The maximum Gasteiger partial charge on any atom is 0.122 e. The molecule has 100 valence electrons. The molecule has 1 heterocycles. The largest absolute Gasteiger partial charge is 0.497 e. The van der Waals surface area contributed by atoms with Gasteiger partial charge in [-0.1, -0.05) is 0 Å². The second kappa shape index (κ2) is 6.61. The minimum absolute atomic E-state index is 0.316. The van der Waals surface area contributed by atoms with Crippen LogP contribution in [0.4, 0.5) is 0 Å². The molecule has 1 saturated heterocycles. The van der Waals surface area contributed by atoms with Gasteiger partial charge in [-0.25, -0.2) is 0 Å². The van der Waals surface area contributed by atoms with Crippen molar-refractivity contribution in [2.75, 3.05) is 27.3 Å². The van der Waals surface area contributed by atoms with Crippen LogP contribution < -0.4 is 14.8 Å². The van der Waals surface area contributed by atoms with Crippen molar-refractivity contribution in [3.63, 3.8) is 0 Å². The first-order chi connectivity index (χ1) is 8.81. The zero-order chi connectivity index (χ0) is 12.8. The van der Waals surface area contributed by atoms with Gasteiger partial charge in [0.25, 0.3) is 0 Å². The zero-order valence-electron chi connectivity index (χ0n) is 11.1. The normalized spacial score (nSPS) is 19.6. The molecular formula is C14H21NO3. The van der Waals surface area contributed by atoms with Crippen molar-refractivity contribution < 1.29 is 14.2 Å². The number of nitrogens with one attached hydrogen (secondary N) is 1. The van der Waals surface area contributed by atoms with Gasteiger partial charge in [0.1, 0.15) is 11.5 Å². The lowest BCUT2D eigenvalue weighted by Crippen LogP contribution is -2.35. The monoisotopic (exact) mass is 251 g/mol. The number of piperidine rings is 1. The minimum atomic E-state index is 0.316. The van der Waals surface area contributed by atoms with Crippen LogP contribution in [0.3, 0.4) is 0 Å². The van der Waals surface area contributed by atoms with E-state index in [2.05, 4.69) is 5.32 Å². The molecule has 4 heteroatoms. The van der Waals surface area contributed by atoms with E-state index in [1.807, 2.05) is 18.2 Å². The van der Waals surface area contributed by atoms with Crippen molar-refractivity contribution in [1.29, 1.82) is 0 Å². The quantitative estimate of drug-likeness (QED) is 0.868.